The van der Waals surface area contributed by atoms with Crippen LogP contribution < -0.4 is 11.1 Å². The molecule has 0 spiro atoms. The maximum Gasteiger partial charge on any atom is 0.326 e. The van der Waals surface area contributed by atoms with E-state index in [1.54, 1.807) is 0 Å². The summed E-state index contributed by atoms with van der Waals surface area (Å²) in [5.41, 5.74) is 4.69. The summed E-state index contributed by atoms with van der Waals surface area (Å²) in [5.74, 6) is -2.93. The van der Waals surface area contributed by atoms with Crippen molar-refractivity contribution >= 4 is 17.8 Å². The van der Waals surface area contributed by atoms with E-state index in [0.29, 0.717) is 0 Å². The summed E-state index contributed by atoms with van der Waals surface area (Å²) in [6, 6.07) is -4.17. The normalized spacial score (nSPS) is 15.3. The number of carboxylic acid groups (broad SMARTS) is 1. The fourth-order valence-corrected chi connectivity index (χ4v) is 1.31. The highest BCUT2D eigenvalue weighted by Crippen LogP contribution is 2.02. The first-order valence-electron chi connectivity index (χ1n) is 7.92. The molecule has 0 radical (unpaired) electrons. The molecule has 0 bridgehead atoms. The molecule has 0 saturated carbocycles. The van der Waals surface area contributed by atoms with E-state index in [9.17, 15) is 14.4 Å². The molecule has 0 aromatic heterocycles. The van der Waals surface area contributed by atoms with Crippen molar-refractivity contribution in [3.05, 3.63) is 35.8 Å². The summed E-state index contributed by atoms with van der Waals surface area (Å²) in [6.45, 7) is 0. The van der Waals surface area contributed by atoms with Crippen LogP contribution in [0.2, 0.25) is 0 Å². The Morgan fingerprint density at radius 2 is 1.95 bits per heavy atom. The van der Waals surface area contributed by atoms with Crippen LogP contribution in [-0.2, 0) is 20.8 Å². The van der Waals surface area contributed by atoms with Gasteiger partial charge < -0.3 is 16.2 Å². The number of benzene rings is 1. The van der Waals surface area contributed by atoms with Crippen LogP contribution >= 0.6 is 0 Å². The topological polar surface area (TPSA) is 109 Å². The van der Waals surface area contributed by atoms with Gasteiger partial charge in [0, 0.05) is 6.42 Å². The van der Waals surface area contributed by atoms with Crippen molar-refractivity contribution in [3.8, 4) is 0 Å². The maximum absolute atomic E-state index is 12.0. The molecular weight excluding hydrogens is 248 g/mol. The van der Waals surface area contributed by atoms with Gasteiger partial charge in [-0.25, -0.2) is 4.79 Å². The molecule has 4 N–H and O–H groups in total. The first-order valence-corrected chi connectivity index (χ1v) is 5.42. The van der Waals surface area contributed by atoms with Crippen LogP contribution in [-0.4, -0.2) is 28.9 Å². The van der Waals surface area contributed by atoms with Gasteiger partial charge in [0.05, 0.1) is 13.3 Å². The Kier molecular flexibility index (Phi) is 3.27. The Morgan fingerprint density at radius 1 is 1.32 bits per heavy atom. The first kappa shape index (κ1) is 8.68. The van der Waals surface area contributed by atoms with Crippen molar-refractivity contribution < 1.29 is 26.3 Å². The first-order chi connectivity index (χ1) is 11.1. The molecule has 1 rings (SSSR count). The lowest BCUT2D eigenvalue weighted by molar-refractivity contribution is -0.142. The summed E-state index contributed by atoms with van der Waals surface area (Å²) in [4.78, 5) is 33.7. The predicted molar refractivity (Wildman–Crippen MR) is 68.1 cm³/mol. The Bertz CT molecular complexity index is 666. The predicted octanol–water partition coefficient (Wildman–Crippen LogP) is 0.0640. The van der Waals surface area contributed by atoms with Crippen molar-refractivity contribution in [2.75, 3.05) is 0 Å². The molecule has 0 fully saturated rings. The van der Waals surface area contributed by atoms with Crippen LogP contribution in [0.15, 0.2) is 30.2 Å². The van der Waals surface area contributed by atoms with Crippen LogP contribution in [0.25, 0.3) is 0 Å². The van der Waals surface area contributed by atoms with Crippen molar-refractivity contribution in [1.82, 2.24) is 5.32 Å². The monoisotopic (exact) mass is 269 g/mol. The fraction of sp³-hybridized carbons (Fsp3) is 0.308. The number of aliphatic carboxylic acids is 1. The molecule has 0 aliphatic carbocycles. The second-order valence-electron chi connectivity index (χ2n) is 3.74. The highest BCUT2D eigenvalue weighted by Gasteiger charge is 2.20. The molecule has 19 heavy (non-hydrogen) atoms. The van der Waals surface area contributed by atoms with Gasteiger partial charge in [-0.2, -0.15) is 0 Å². The smallest absolute Gasteiger partial charge is 0.326 e. The van der Waals surface area contributed by atoms with Crippen LogP contribution in [0, 0.1) is 0 Å². The van der Waals surface area contributed by atoms with Crippen LogP contribution in [0.1, 0.15) is 25.3 Å². The maximum atomic E-state index is 12.0. The summed E-state index contributed by atoms with van der Waals surface area (Å²) >= 11 is 0. The van der Waals surface area contributed by atoms with E-state index in [4.69, 9.17) is 17.7 Å². The molecule has 102 valence electrons. The van der Waals surface area contributed by atoms with E-state index in [0.717, 1.165) is 0 Å². The Balaban J connectivity index is 2.95. The van der Waals surface area contributed by atoms with E-state index in [1.165, 1.54) is 0 Å². The zero-order valence-corrected chi connectivity index (χ0v) is 9.95. The van der Waals surface area contributed by atoms with E-state index in [2.05, 4.69) is 5.32 Å². The third-order valence-corrected chi connectivity index (χ3v) is 2.20. The van der Waals surface area contributed by atoms with Gasteiger partial charge in [0.1, 0.15) is 6.04 Å². The molecule has 6 heteroatoms. The molecule has 0 aliphatic rings. The lowest BCUT2D eigenvalue weighted by Gasteiger charge is -2.13. The minimum Gasteiger partial charge on any atom is -0.480 e. The Labute approximate surface area is 117 Å². The van der Waals surface area contributed by atoms with Gasteiger partial charge in [0.15, 0.2) is 0 Å². The molecule has 0 heterocycles. The molecule has 2 amide bonds. The number of nitrogens with two attached hydrogens (primary N) is 1. The third-order valence-electron chi connectivity index (χ3n) is 2.20. The van der Waals surface area contributed by atoms with E-state index < -0.39 is 60.5 Å². The number of hydrogen-bond donors (Lipinski definition) is 3. The summed E-state index contributed by atoms with van der Waals surface area (Å²) < 4.78 is 37.9. The molecule has 1 unspecified atom stereocenters. The minimum atomic E-state index is -1.37. The second-order valence-corrected chi connectivity index (χ2v) is 3.74. The average Bonchev–Trinajstić information content (AvgIpc) is 2.51. The SMILES string of the molecule is [2H]c1c([2H])c([2H])c(CC(=O)NC(CCC(N)=O)C(=O)O)c([2H])c1[2H]. The quantitative estimate of drug-likeness (QED) is 0.650. The molecule has 0 aliphatic heterocycles. The molecule has 6 nitrogen and oxygen atoms in total. The van der Waals surface area contributed by atoms with Crippen molar-refractivity contribution in [2.24, 2.45) is 5.73 Å². The largest absolute Gasteiger partial charge is 0.480 e. The summed E-state index contributed by atoms with van der Waals surface area (Å²) in [7, 11) is 0. The number of rotatable bonds is 7. The Morgan fingerprint density at radius 3 is 2.47 bits per heavy atom. The zero-order valence-electron chi connectivity index (χ0n) is 14.9. The highest BCUT2D eigenvalue weighted by atomic mass is 16.4. The molecule has 0 saturated heterocycles. The molecule has 1 aromatic carbocycles. The zero-order chi connectivity index (χ0) is 18.6. The number of carbonyl (C=O) groups excluding carboxylic acids is 2. The average molecular weight is 269 g/mol. The molecular formula is C13H16N2O4. The second kappa shape index (κ2) is 7.15. The number of amides is 2. The summed E-state index contributed by atoms with van der Waals surface area (Å²) in [6.07, 6.45) is -1.04. The molecule has 1 aromatic rings. The van der Waals surface area contributed by atoms with Crippen LogP contribution in [0.5, 0.6) is 0 Å². The summed E-state index contributed by atoms with van der Waals surface area (Å²) in [5, 5.41) is 11.2. The van der Waals surface area contributed by atoms with Crippen molar-refractivity contribution in [1.29, 1.82) is 0 Å². The number of hydrogen-bond acceptors (Lipinski definition) is 3. The van der Waals surface area contributed by atoms with E-state index >= 15 is 0 Å². The van der Waals surface area contributed by atoms with Gasteiger partial charge in [-0.05, 0) is 12.0 Å². The van der Waals surface area contributed by atoms with Gasteiger partial charge >= 0.3 is 5.97 Å². The van der Waals surface area contributed by atoms with E-state index in [-0.39, 0.29) is 18.4 Å². The van der Waals surface area contributed by atoms with Gasteiger partial charge in [0.2, 0.25) is 11.8 Å². The standard InChI is InChI=1S/C13H16N2O4/c14-11(16)7-6-10(13(18)19)15-12(17)8-9-4-2-1-3-5-9/h1-5,10H,6-8H2,(H2,14,16)(H,15,17)(H,18,19)/i1D,2D,3D,4D,5D. The fourth-order valence-electron chi connectivity index (χ4n) is 1.31. The highest BCUT2D eigenvalue weighted by molar-refractivity contribution is 5.85. The van der Waals surface area contributed by atoms with Gasteiger partial charge in [-0.1, -0.05) is 30.2 Å². The van der Waals surface area contributed by atoms with Crippen molar-refractivity contribution in [2.45, 2.75) is 25.3 Å². The Hall–Kier alpha value is -2.37. The van der Waals surface area contributed by atoms with Gasteiger partial charge in [-0.15, -0.1) is 0 Å². The number of carboxylic acids is 1. The number of carbonyl (C=O) groups is 3. The van der Waals surface area contributed by atoms with E-state index in [1.807, 2.05) is 0 Å². The molecule has 1 atom stereocenters. The van der Waals surface area contributed by atoms with Gasteiger partial charge in [-0.3, -0.25) is 9.59 Å². The lowest BCUT2D eigenvalue weighted by Crippen LogP contribution is -2.42. The van der Waals surface area contributed by atoms with Crippen LogP contribution in [0.3, 0.4) is 0 Å². The van der Waals surface area contributed by atoms with Crippen molar-refractivity contribution in [3.63, 3.8) is 0 Å². The number of primary amides is 1. The lowest BCUT2D eigenvalue weighted by atomic mass is 10.1. The van der Waals surface area contributed by atoms with Gasteiger partial charge in [0.25, 0.3) is 0 Å². The van der Waals surface area contributed by atoms with Crippen LogP contribution in [0.4, 0.5) is 0 Å². The minimum absolute atomic E-state index is 0.211. The third kappa shape index (κ3) is 5.67. The number of nitrogens with one attached hydrogen (secondary N) is 1.